The van der Waals surface area contributed by atoms with E-state index in [-0.39, 0.29) is 0 Å². The SMILES string of the molecule is CNCC1CCCN(C(=O)C2CCC(C)CC2)C1. The van der Waals surface area contributed by atoms with Gasteiger partial charge in [-0.15, -0.1) is 0 Å². The highest BCUT2D eigenvalue weighted by Crippen LogP contribution is 2.30. The number of likely N-dealkylation sites (tertiary alicyclic amines) is 1. The van der Waals surface area contributed by atoms with Crippen molar-refractivity contribution in [3.8, 4) is 0 Å². The molecule has 0 aromatic heterocycles. The van der Waals surface area contributed by atoms with Crippen LogP contribution in [0, 0.1) is 17.8 Å². The maximum Gasteiger partial charge on any atom is 0.225 e. The number of carbonyl (C=O) groups excluding carboxylic acids is 1. The minimum Gasteiger partial charge on any atom is -0.342 e. The molecule has 2 rings (SSSR count). The van der Waals surface area contributed by atoms with Gasteiger partial charge in [0.05, 0.1) is 0 Å². The van der Waals surface area contributed by atoms with Gasteiger partial charge in [-0.3, -0.25) is 4.79 Å². The van der Waals surface area contributed by atoms with Crippen molar-refractivity contribution in [2.45, 2.75) is 45.4 Å². The van der Waals surface area contributed by atoms with Crippen molar-refractivity contribution in [2.75, 3.05) is 26.7 Å². The van der Waals surface area contributed by atoms with Gasteiger partial charge in [0.25, 0.3) is 0 Å². The van der Waals surface area contributed by atoms with E-state index in [0.717, 1.165) is 38.4 Å². The van der Waals surface area contributed by atoms with Gasteiger partial charge in [-0.1, -0.05) is 6.92 Å². The zero-order chi connectivity index (χ0) is 13.0. The van der Waals surface area contributed by atoms with Crippen molar-refractivity contribution in [3.05, 3.63) is 0 Å². The topological polar surface area (TPSA) is 32.3 Å². The average Bonchev–Trinajstić information content (AvgIpc) is 2.39. The Morgan fingerprint density at radius 1 is 1.22 bits per heavy atom. The first-order valence-corrected chi connectivity index (χ1v) is 7.64. The molecule has 0 aromatic carbocycles. The summed E-state index contributed by atoms with van der Waals surface area (Å²) in [7, 11) is 2.00. The van der Waals surface area contributed by atoms with Crippen LogP contribution in [0.25, 0.3) is 0 Å². The fourth-order valence-electron chi connectivity index (χ4n) is 3.49. The molecule has 1 saturated heterocycles. The van der Waals surface area contributed by atoms with Gasteiger partial charge in [0, 0.05) is 19.0 Å². The lowest BCUT2D eigenvalue weighted by molar-refractivity contribution is -0.138. The summed E-state index contributed by atoms with van der Waals surface area (Å²) >= 11 is 0. The van der Waals surface area contributed by atoms with Crippen molar-refractivity contribution < 1.29 is 4.79 Å². The normalized spacial score (nSPS) is 33.4. The summed E-state index contributed by atoms with van der Waals surface area (Å²) in [5.74, 6) is 2.26. The number of amides is 1. The van der Waals surface area contributed by atoms with Crippen LogP contribution in [0.3, 0.4) is 0 Å². The van der Waals surface area contributed by atoms with Crippen molar-refractivity contribution in [1.82, 2.24) is 10.2 Å². The maximum absolute atomic E-state index is 12.5. The molecule has 3 heteroatoms. The minimum atomic E-state index is 0.328. The van der Waals surface area contributed by atoms with Gasteiger partial charge in [-0.05, 0) is 64.0 Å². The van der Waals surface area contributed by atoms with Gasteiger partial charge < -0.3 is 10.2 Å². The van der Waals surface area contributed by atoms with Crippen LogP contribution in [0.2, 0.25) is 0 Å². The van der Waals surface area contributed by atoms with E-state index < -0.39 is 0 Å². The lowest BCUT2D eigenvalue weighted by atomic mass is 9.82. The lowest BCUT2D eigenvalue weighted by Crippen LogP contribution is -2.45. The maximum atomic E-state index is 12.5. The summed E-state index contributed by atoms with van der Waals surface area (Å²) < 4.78 is 0. The molecular formula is C15H28N2O. The van der Waals surface area contributed by atoms with E-state index >= 15 is 0 Å². The molecule has 1 unspecified atom stereocenters. The third-order valence-corrected chi connectivity index (χ3v) is 4.69. The Hall–Kier alpha value is -0.570. The van der Waals surface area contributed by atoms with Gasteiger partial charge in [0.1, 0.15) is 0 Å². The Balaban J connectivity index is 1.84. The number of rotatable bonds is 3. The predicted octanol–water partition coefficient (Wildman–Crippen LogP) is 2.27. The molecule has 0 spiro atoms. The Morgan fingerprint density at radius 3 is 2.61 bits per heavy atom. The Morgan fingerprint density at radius 2 is 1.94 bits per heavy atom. The van der Waals surface area contributed by atoms with Crippen molar-refractivity contribution in [1.29, 1.82) is 0 Å². The molecule has 1 atom stereocenters. The van der Waals surface area contributed by atoms with E-state index in [2.05, 4.69) is 17.1 Å². The summed E-state index contributed by atoms with van der Waals surface area (Å²) in [5, 5.41) is 3.24. The second-order valence-electron chi connectivity index (χ2n) is 6.31. The van der Waals surface area contributed by atoms with Crippen LogP contribution in [-0.4, -0.2) is 37.5 Å². The molecule has 104 valence electrons. The van der Waals surface area contributed by atoms with Crippen LogP contribution in [-0.2, 0) is 4.79 Å². The zero-order valence-corrected chi connectivity index (χ0v) is 12.0. The summed E-state index contributed by atoms with van der Waals surface area (Å²) in [5.41, 5.74) is 0. The van der Waals surface area contributed by atoms with Gasteiger partial charge >= 0.3 is 0 Å². The molecular weight excluding hydrogens is 224 g/mol. The molecule has 1 aliphatic carbocycles. The number of hydrogen-bond acceptors (Lipinski definition) is 2. The molecule has 1 N–H and O–H groups in total. The Labute approximate surface area is 111 Å². The van der Waals surface area contributed by atoms with Crippen LogP contribution in [0.1, 0.15) is 45.4 Å². The fraction of sp³-hybridized carbons (Fsp3) is 0.933. The van der Waals surface area contributed by atoms with Gasteiger partial charge in [-0.25, -0.2) is 0 Å². The van der Waals surface area contributed by atoms with Crippen molar-refractivity contribution in [2.24, 2.45) is 17.8 Å². The first kappa shape index (κ1) is 13.9. The number of nitrogens with zero attached hydrogens (tertiary/aromatic N) is 1. The molecule has 2 fully saturated rings. The number of carbonyl (C=O) groups is 1. The minimum absolute atomic E-state index is 0.328. The fourth-order valence-corrected chi connectivity index (χ4v) is 3.49. The molecule has 0 radical (unpaired) electrons. The summed E-state index contributed by atoms with van der Waals surface area (Å²) in [6, 6.07) is 0. The molecule has 18 heavy (non-hydrogen) atoms. The summed E-state index contributed by atoms with van der Waals surface area (Å²) in [4.78, 5) is 14.7. The van der Waals surface area contributed by atoms with Crippen LogP contribution in [0.5, 0.6) is 0 Å². The quantitative estimate of drug-likeness (QED) is 0.835. The monoisotopic (exact) mass is 252 g/mol. The van der Waals surface area contributed by atoms with E-state index in [1.165, 1.54) is 25.7 Å². The van der Waals surface area contributed by atoms with E-state index in [0.29, 0.717) is 17.7 Å². The molecule has 0 bridgehead atoms. The second-order valence-corrected chi connectivity index (χ2v) is 6.31. The zero-order valence-electron chi connectivity index (χ0n) is 12.0. The average molecular weight is 252 g/mol. The summed E-state index contributed by atoms with van der Waals surface area (Å²) in [6.07, 6.45) is 7.17. The second kappa shape index (κ2) is 6.55. The van der Waals surface area contributed by atoms with E-state index in [4.69, 9.17) is 0 Å². The first-order valence-electron chi connectivity index (χ1n) is 7.64. The molecule has 1 amide bonds. The van der Waals surface area contributed by atoms with E-state index in [9.17, 15) is 4.79 Å². The van der Waals surface area contributed by atoms with Crippen molar-refractivity contribution in [3.63, 3.8) is 0 Å². The van der Waals surface area contributed by atoms with Crippen LogP contribution >= 0.6 is 0 Å². The highest BCUT2D eigenvalue weighted by molar-refractivity contribution is 5.79. The third-order valence-electron chi connectivity index (χ3n) is 4.69. The van der Waals surface area contributed by atoms with Gasteiger partial charge in [-0.2, -0.15) is 0 Å². The van der Waals surface area contributed by atoms with Crippen LogP contribution < -0.4 is 5.32 Å². The molecule has 2 aliphatic rings. The molecule has 1 heterocycles. The third kappa shape index (κ3) is 3.47. The Bertz CT molecular complexity index is 270. The highest BCUT2D eigenvalue weighted by Gasteiger charge is 2.30. The predicted molar refractivity (Wildman–Crippen MR) is 74.4 cm³/mol. The first-order chi connectivity index (χ1) is 8.70. The van der Waals surface area contributed by atoms with Crippen LogP contribution in [0.15, 0.2) is 0 Å². The molecule has 3 nitrogen and oxygen atoms in total. The number of piperidine rings is 1. The number of hydrogen-bond donors (Lipinski definition) is 1. The van der Waals surface area contributed by atoms with Gasteiger partial charge in [0.15, 0.2) is 0 Å². The van der Waals surface area contributed by atoms with E-state index in [1.807, 2.05) is 7.05 Å². The van der Waals surface area contributed by atoms with Gasteiger partial charge in [0.2, 0.25) is 5.91 Å². The van der Waals surface area contributed by atoms with Crippen LogP contribution in [0.4, 0.5) is 0 Å². The van der Waals surface area contributed by atoms with E-state index in [1.54, 1.807) is 0 Å². The number of nitrogens with one attached hydrogen (secondary N) is 1. The highest BCUT2D eigenvalue weighted by atomic mass is 16.2. The molecule has 0 aromatic rings. The molecule has 1 aliphatic heterocycles. The largest absolute Gasteiger partial charge is 0.342 e. The summed E-state index contributed by atoms with van der Waals surface area (Å²) in [6.45, 7) is 5.33. The standard InChI is InChI=1S/C15H28N2O/c1-12-5-7-14(8-6-12)15(18)17-9-3-4-13(11-17)10-16-2/h12-14,16H,3-11H2,1-2H3. The molecule has 1 saturated carbocycles. The smallest absolute Gasteiger partial charge is 0.225 e. The van der Waals surface area contributed by atoms with Crippen molar-refractivity contribution >= 4 is 5.91 Å². The Kier molecular flexibility index (Phi) is 5.04. The lowest BCUT2D eigenvalue weighted by Gasteiger charge is -2.36.